The molecule has 0 spiro atoms. The van der Waals surface area contributed by atoms with Crippen LogP contribution in [0, 0.1) is 11.3 Å². The average molecular weight is 371 g/mol. The van der Waals surface area contributed by atoms with Crippen molar-refractivity contribution >= 4 is 21.7 Å². The van der Waals surface area contributed by atoms with Crippen LogP contribution in [0.15, 0.2) is 22.7 Å². The third-order valence-corrected chi connectivity index (χ3v) is 5.19. The van der Waals surface area contributed by atoms with Crippen LogP contribution in [0.5, 0.6) is 0 Å². The molecule has 4 nitrogen and oxygen atoms in total. The first-order valence-electron chi connectivity index (χ1n) is 7.99. The fraction of sp³-hybridized carbons (Fsp3) is 0.389. The highest BCUT2D eigenvalue weighted by molar-refractivity contribution is 9.10. The molecule has 2 heterocycles. The Morgan fingerprint density at radius 3 is 2.78 bits per heavy atom. The molecule has 1 aliphatic rings. The Balaban J connectivity index is 2.02. The molecule has 0 radical (unpaired) electrons. The number of anilines is 1. The van der Waals surface area contributed by atoms with Gasteiger partial charge in [0, 0.05) is 17.6 Å². The Kier molecular flexibility index (Phi) is 4.63. The molecule has 118 valence electrons. The zero-order chi connectivity index (χ0) is 16.4. The Morgan fingerprint density at radius 1 is 1.26 bits per heavy atom. The lowest BCUT2D eigenvalue weighted by molar-refractivity contribution is 0.702. The summed E-state index contributed by atoms with van der Waals surface area (Å²) in [7, 11) is 0. The number of nitriles is 1. The van der Waals surface area contributed by atoms with Crippen LogP contribution in [0.1, 0.15) is 41.8 Å². The minimum absolute atomic E-state index is 0.692. The predicted octanol–water partition coefficient (Wildman–Crippen LogP) is 3.80. The van der Waals surface area contributed by atoms with Gasteiger partial charge in [-0.05, 0) is 42.0 Å². The van der Waals surface area contributed by atoms with Crippen LogP contribution in [-0.2, 0) is 25.8 Å². The maximum absolute atomic E-state index is 9.67. The van der Waals surface area contributed by atoms with E-state index in [0.717, 1.165) is 53.9 Å². The largest absolute Gasteiger partial charge is 0.349 e. The molecule has 0 saturated carbocycles. The fourth-order valence-corrected chi connectivity index (χ4v) is 3.85. The summed E-state index contributed by atoms with van der Waals surface area (Å²) in [6, 6.07) is 8.65. The standard InChI is InChI=1S/C18H19BrN4/c1-3-13-15(10-20)18(22-21-17(13)4-2)23-9-8-14-12(11-23)6-5-7-16(14)19/h5-7H,3-4,8-9,11H2,1-2H3. The van der Waals surface area contributed by atoms with E-state index in [4.69, 9.17) is 0 Å². The highest BCUT2D eigenvalue weighted by Crippen LogP contribution is 2.31. The molecule has 1 aromatic heterocycles. The highest BCUT2D eigenvalue weighted by atomic mass is 79.9. The van der Waals surface area contributed by atoms with Crippen LogP contribution in [0.4, 0.5) is 5.82 Å². The normalized spacial score (nSPS) is 13.6. The Bertz CT molecular complexity index is 779. The average Bonchev–Trinajstić information content (AvgIpc) is 2.60. The van der Waals surface area contributed by atoms with E-state index in [-0.39, 0.29) is 0 Å². The van der Waals surface area contributed by atoms with Crippen LogP contribution in [0.3, 0.4) is 0 Å². The van der Waals surface area contributed by atoms with E-state index in [1.807, 2.05) is 0 Å². The Morgan fingerprint density at radius 2 is 2.09 bits per heavy atom. The molecule has 0 saturated heterocycles. The molecule has 23 heavy (non-hydrogen) atoms. The third-order valence-electron chi connectivity index (χ3n) is 4.45. The molecule has 0 bridgehead atoms. The van der Waals surface area contributed by atoms with Gasteiger partial charge in [-0.1, -0.05) is 41.9 Å². The van der Waals surface area contributed by atoms with Crippen molar-refractivity contribution in [3.05, 3.63) is 50.6 Å². The maximum Gasteiger partial charge on any atom is 0.169 e. The Labute approximate surface area is 145 Å². The number of halogens is 1. The van der Waals surface area contributed by atoms with Crippen molar-refractivity contribution in [3.63, 3.8) is 0 Å². The van der Waals surface area contributed by atoms with Gasteiger partial charge in [0.2, 0.25) is 0 Å². The van der Waals surface area contributed by atoms with Gasteiger partial charge in [0.1, 0.15) is 11.6 Å². The lowest BCUT2D eigenvalue weighted by Crippen LogP contribution is -2.32. The number of hydrogen-bond donors (Lipinski definition) is 0. The molecule has 0 amide bonds. The van der Waals surface area contributed by atoms with E-state index in [9.17, 15) is 5.26 Å². The molecule has 0 atom stereocenters. The van der Waals surface area contributed by atoms with Crippen molar-refractivity contribution < 1.29 is 0 Å². The minimum Gasteiger partial charge on any atom is -0.349 e. The van der Waals surface area contributed by atoms with E-state index in [1.165, 1.54) is 11.1 Å². The van der Waals surface area contributed by atoms with E-state index >= 15 is 0 Å². The van der Waals surface area contributed by atoms with Crippen LogP contribution in [-0.4, -0.2) is 16.7 Å². The summed E-state index contributed by atoms with van der Waals surface area (Å²) < 4.78 is 1.16. The van der Waals surface area contributed by atoms with Gasteiger partial charge < -0.3 is 4.90 Å². The number of benzene rings is 1. The quantitative estimate of drug-likeness (QED) is 0.824. The van der Waals surface area contributed by atoms with Crippen molar-refractivity contribution in [1.29, 1.82) is 5.26 Å². The summed E-state index contributed by atoms with van der Waals surface area (Å²) in [5.74, 6) is 0.729. The predicted molar refractivity (Wildman–Crippen MR) is 94.4 cm³/mol. The number of rotatable bonds is 3. The number of hydrogen-bond acceptors (Lipinski definition) is 4. The Hall–Kier alpha value is -1.93. The first-order valence-corrected chi connectivity index (χ1v) is 8.78. The first-order chi connectivity index (χ1) is 11.2. The van der Waals surface area contributed by atoms with Crippen molar-refractivity contribution in [2.24, 2.45) is 0 Å². The molecular formula is C18H19BrN4. The molecule has 0 N–H and O–H groups in total. The van der Waals surface area contributed by atoms with E-state index < -0.39 is 0 Å². The monoisotopic (exact) mass is 370 g/mol. The topological polar surface area (TPSA) is 52.8 Å². The summed E-state index contributed by atoms with van der Waals surface area (Å²) >= 11 is 3.63. The molecule has 0 unspecified atom stereocenters. The summed E-state index contributed by atoms with van der Waals surface area (Å²) in [6.45, 7) is 5.75. The summed E-state index contributed by atoms with van der Waals surface area (Å²) in [4.78, 5) is 2.18. The van der Waals surface area contributed by atoms with Crippen LogP contribution in [0.25, 0.3) is 0 Å². The lowest BCUT2D eigenvalue weighted by Gasteiger charge is -2.31. The summed E-state index contributed by atoms with van der Waals surface area (Å²) in [5, 5.41) is 18.4. The number of aryl methyl sites for hydroxylation is 1. The number of aromatic nitrogens is 2. The van der Waals surface area contributed by atoms with Crippen LogP contribution < -0.4 is 4.90 Å². The molecule has 5 heteroatoms. The van der Waals surface area contributed by atoms with E-state index in [0.29, 0.717) is 5.56 Å². The first kappa shape index (κ1) is 15.9. The van der Waals surface area contributed by atoms with Gasteiger partial charge in [-0.2, -0.15) is 10.4 Å². The van der Waals surface area contributed by atoms with Crippen LogP contribution in [0.2, 0.25) is 0 Å². The summed E-state index contributed by atoms with van der Waals surface area (Å²) in [5.41, 5.74) is 5.32. The molecule has 0 fully saturated rings. The van der Waals surface area contributed by atoms with Gasteiger partial charge in [0.05, 0.1) is 5.69 Å². The van der Waals surface area contributed by atoms with Crippen molar-refractivity contribution in [3.8, 4) is 6.07 Å². The molecule has 2 aromatic rings. The van der Waals surface area contributed by atoms with Gasteiger partial charge in [-0.25, -0.2) is 0 Å². The SMILES string of the molecule is CCc1nnc(N2CCc3c(Br)cccc3C2)c(C#N)c1CC. The second-order valence-electron chi connectivity index (χ2n) is 5.69. The maximum atomic E-state index is 9.67. The van der Waals surface area contributed by atoms with E-state index in [1.54, 1.807) is 0 Å². The van der Waals surface area contributed by atoms with Gasteiger partial charge in [-0.15, -0.1) is 5.10 Å². The molecule has 0 aliphatic carbocycles. The summed E-state index contributed by atoms with van der Waals surface area (Å²) in [6.07, 6.45) is 2.56. The van der Waals surface area contributed by atoms with Gasteiger partial charge >= 0.3 is 0 Å². The fourth-order valence-electron chi connectivity index (χ4n) is 3.24. The van der Waals surface area contributed by atoms with Gasteiger partial charge in [0.25, 0.3) is 0 Å². The zero-order valence-electron chi connectivity index (χ0n) is 13.4. The molecule has 3 rings (SSSR count). The van der Waals surface area contributed by atoms with Gasteiger partial charge in [-0.3, -0.25) is 0 Å². The van der Waals surface area contributed by atoms with Crippen LogP contribution >= 0.6 is 15.9 Å². The van der Waals surface area contributed by atoms with Crippen molar-refractivity contribution in [2.75, 3.05) is 11.4 Å². The smallest absolute Gasteiger partial charge is 0.169 e. The second-order valence-corrected chi connectivity index (χ2v) is 6.55. The van der Waals surface area contributed by atoms with Crippen molar-refractivity contribution in [1.82, 2.24) is 10.2 Å². The van der Waals surface area contributed by atoms with E-state index in [2.05, 4.69) is 69.1 Å². The molecule has 1 aliphatic heterocycles. The second kappa shape index (κ2) is 6.67. The number of fused-ring (bicyclic) bond motifs is 1. The van der Waals surface area contributed by atoms with Crippen molar-refractivity contribution in [2.45, 2.75) is 39.7 Å². The zero-order valence-corrected chi connectivity index (χ0v) is 15.0. The molecular weight excluding hydrogens is 352 g/mol. The lowest BCUT2D eigenvalue weighted by atomic mass is 9.98. The highest BCUT2D eigenvalue weighted by Gasteiger charge is 2.24. The van der Waals surface area contributed by atoms with Gasteiger partial charge in [0.15, 0.2) is 5.82 Å². The minimum atomic E-state index is 0.692. The third kappa shape index (κ3) is 2.84. The molecule has 1 aromatic carbocycles. The number of nitrogens with zero attached hydrogens (tertiary/aromatic N) is 4.